The Hall–Kier alpha value is -0.890. The molecule has 0 aliphatic heterocycles. The highest BCUT2D eigenvalue weighted by molar-refractivity contribution is 5.14. The smallest absolute Gasteiger partial charge is 0.0401 e. The Bertz CT molecular complexity index is 252. The fraction of sp³-hybridized carbons (Fsp3) is 0.583. The van der Waals surface area contributed by atoms with E-state index in [1.807, 2.05) is 6.20 Å². The van der Waals surface area contributed by atoms with Gasteiger partial charge in [0.2, 0.25) is 0 Å². The predicted molar refractivity (Wildman–Crippen MR) is 60.2 cm³/mol. The maximum absolute atomic E-state index is 5.69. The van der Waals surface area contributed by atoms with Crippen molar-refractivity contribution in [1.82, 2.24) is 4.98 Å². The number of hydrogen-bond donors (Lipinski definition) is 1. The van der Waals surface area contributed by atoms with Gasteiger partial charge < -0.3 is 5.73 Å². The first-order valence-corrected chi connectivity index (χ1v) is 5.41. The van der Waals surface area contributed by atoms with Gasteiger partial charge >= 0.3 is 0 Å². The molecular weight excluding hydrogens is 172 g/mol. The number of rotatable bonds is 5. The minimum Gasteiger partial charge on any atom is -0.328 e. The third-order valence-corrected chi connectivity index (χ3v) is 2.37. The van der Waals surface area contributed by atoms with E-state index in [1.54, 1.807) is 0 Å². The van der Waals surface area contributed by atoms with Crippen LogP contribution < -0.4 is 5.73 Å². The third kappa shape index (κ3) is 3.88. The number of pyridine rings is 1. The average Bonchev–Trinajstić information content (AvgIpc) is 2.18. The summed E-state index contributed by atoms with van der Waals surface area (Å²) in [5, 5.41) is 0. The second-order valence-corrected chi connectivity index (χ2v) is 3.88. The molecule has 0 unspecified atom stereocenters. The lowest BCUT2D eigenvalue weighted by molar-refractivity contribution is 0.623. The molecule has 0 bridgehead atoms. The van der Waals surface area contributed by atoms with E-state index < -0.39 is 0 Å². The second kappa shape index (κ2) is 5.76. The standard InChI is InChI=1S/C12H20N2/c1-3-12-8-7-11(9-14-12)6-4-5-10(2)13/h7-10H,3-6,13H2,1-2H3/t10-/m1/s1. The van der Waals surface area contributed by atoms with Crippen LogP contribution >= 0.6 is 0 Å². The summed E-state index contributed by atoms with van der Waals surface area (Å²) in [6, 6.07) is 4.60. The van der Waals surface area contributed by atoms with Crippen molar-refractivity contribution in [2.75, 3.05) is 0 Å². The summed E-state index contributed by atoms with van der Waals surface area (Å²) in [6.45, 7) is 4.18. The van der Waals surface area contributed by atoms with Crippen LogP contribution in [0.25, 0.3) is 0 Å². The molecule has 1 aromatic heterocycles. The minimum atomic E-state index is 0.317. The van der Waals surface area contributed by atoms with Gasteiger partial charge in [-0.1, -0.05) is 13.0 Å². The summed E-state index contributed by atoms with van der Waals surface area (Å²) in [4.78, 5) is 4.36. The molecule has 0 saturated heterocycles. The SMILES string of the molecule is CCc1ccc(CCC[C@@H](C)N)cn1. The highest BCUT2D eigenvalue weighted by Gasteiger charge is 1.97. The van der Waals surface area contributed by atoms with E-state index in [9.17, 15) is 0 Å². The van der Waals surface area contributed by atoms with Gasteiger partial charge in [0, 0.05) is 17.9 Å². The normalized spacial score (nSPS) is 12.8. The minimum absolute atomic E-state index is 0.317. The fourth-order valence-corrected chi connectivity index (χ4v) is 1.44. The van der Waals surface area contributed by atoms with Crippen LogP contribution in [0, 0.1) is 0 Å². The lowest BCUT2D eigenvalue weighted by atomic mass is 10.1. The number of nitrogens with zero attached hydrogens (tertiary/aromatic N) is 1. The quantitative estimate of drug-likeness (QED) is 0.777. The van der Waals surface area contributed by atoms with Gasteiger partial charge in [-0.25, -0.2) is 0 Å². The van der Waals surface area contributed by atoms with Crippen molar-refractivity contribution in [2.24, 2.45) is 5.73 Å². The van der Waals surface area contributed by atoms with Crippen molar-refractivity contribution in [1.29, 1.82) is 0 Å². The number of aryl methyl sites for hydroxylation is 2. The molecule has 1 heterocycles. The zero-order valence-corrected chi connectivity index (χ0v) is 9.16. The number of hydrogen-bond acceptors (Lipinski definition) is 2. The van der Waals surface area contributed by atoms with Crippen LogP contribution in [0.4, 0.5) is 0 Å². The Labute approximate surface area is 86.5 Å². The summed E-state index contributed by atoms with van der Waals surface area (Å²) in [5.74, 6) is 0. The van der Waals surface area contributed by atoms with Gasteiger partial charge in [0.1, 0.15) is 0 Å². The Morgan fingerprint density at radius 1 is 1.43 bits per heavy atom. The van der Waals surface area contributed by atoms with Crippen molar-refractivity contribution >= 4 is 0 Å². The van der Waals surface area contributed by atoms with Gasteiger partial charge in [-0.3, -0.25) is 4.98 Å². The van der Waals surface area contributed by atoms with Gasteiger partial charge in [0.05, 0.1) is 0 Å². The fourth-order valence-electron chi connectivity index (χ4n) is 1.44. The van der Waals surface area contributed by atoms with Crippen molar-refractivity contribution in [2.45, 2.75) is 45.6 Å². The first kappa shape index (κ1) is 11.2. The van der Waals surface area contributed by atoms with Crippen LogP contribution in [0.15, 0.2) is 18.3 Å². The summed E-state index contributed by atoms with van der Waals surface area (Å²) in [6.07, 6.45) is 6.35. The molecule has 78 valence electrons. The molecule has 0 aliphatic rings. The summed E-state index contributed by atoms with van der Waals surface area (Å²) in [7, 11) is 0. The van der Waals surface area contributed by atoms with Crippen LogP contribution in [0.5, 0.6) is 0 Å². The van der Waals surface area contributed by atoms with Crippen molar-refractivity contribution in [3.63, 3.8) is 0 Å². The van der Waals surface area contributed by atoms with Crippen LogP contribution in [0.1, 0.15) is 37.9 Å². The van der Waals surface area contributed by atoms with E-state index in [4.69, 9.17) is 5.73 Å². The van der Waals surface area contributed by atoms with Crippen molar-refractivity contribution < 1.29 is 0 Å². The number of aromatic nitrogens is 1. The van der Waals surface area contributed by atoms with Gasteiger partial charge in [-0.2, -0.15) is 0 Å². The van der Waals surface area contributed by atoms with Crippen LogP contribution in [0.3, 0.4) is 0 Å². The van der Waals surface area contributed by atoms with Crippen molar-refractivity contribution in [3.8, 4) is 0 Å². The molecule has 1 rings (SSSR count). The molecule has 2 N–H and O–H groups in total. The summed E-state index contributed by atoms with van der Waals surface area (Å²) >= 11 is 0. The molecule has 1 aromatic rings. The highest BCUT2D eigenvalue weighted by atomic mass is 14.7. The topological polar surface area (TPSA) is 38.9 Å². The molecule has 0 saturated carbocycles. The van der Waals surface area contributed by atoms with E-state index in [0.717, 1.165) is 25.7 Å². The zero-order chi connectivity index (χ0) is 10.4. The lowest BCUT2D eigenvalue weighted by Gasteiger charge is -2.04. The number of nitrogens with two attached hydrogens (primary N) is 1. The maximum atomic E-state index is 5.69. The van der Waals surface area contributed by atoms with Crippen LogP contribution in [0.2, 0.25) is 0 Å². The molecule has 0 spiro atoms. The predicted octanol–water partition coefficient (Wildman–Crippen LogP) is 2.31. The molecule has 0 aromatic carbocycles. The summed E-state index contributed by atoms with van der Waals surface area (Å²) in [5.41, 5.74) is 8.18. The first-order chi connectivity index (χ1) is 6.72. The highest BCUT2D eigenvalue weighted by Crippen LogP contribution is 2.06. The molecule has 2 nitrogen and oxygen atoms in total. The molecule has 1 atom stereocenters. The van der Waals surface area contributed by atoms with Gasteiger partial charge in [-0.15, -0.1) is 0 Å². The zero-order valence-electron chi connectivity index (χ0n) is 9.16. The van der Waals surface area contributed by atoms with Crippen molar-refractivity contribution in [3.05, 3.63) is 29.6 Å². The Kier molecular flexibility index (Phi) is 4.60. The van der Waals surface area contributed by atoms with E-state index in [-0.39, 0.29) is 0 Å². The Balaban J connectivity index is 2.36. The first-order valence-electron chi connectivity index (χ1n) is 5.41. The third-order valence-electron chi connectivity index (χ3n) is 2.37. The monoisotopic (exact) mass is 192 g/mol. The molecule has 0 fully saturated rings. The largest absolute Gasteiger partial charge is 0.328 e. The second-order valence-electron chi connectivity index (χ2n) is 3.88. The van der Waals surface area contributed by atoms with Gasteiger partial charge in [-0.05, 0) is 44.2 Å². The molecule has 14 heavy (non-hydrogen) atoms. The van der Waals surface area contributed by atoms with Gasteiger partial charge in [0.25, 0.3) is 0 Å². The van der Waals surface area contributed by atoms with E-state index in [2.05, 4.69) is 31.0 Å². The van der Waals surface area contributed by atoms with Crippen LogP contribution in [-0.4, -0.2) is 11.0 Å². The average molecular weight is 192 g/mol. The molecule has 2 heteroatoms. The Morgan fingerprint density at radius 2 is 2.21 bits per heavy atom. The molecule has 0 aliphatic carbocycles. The van der Waals surface area contributed by atoms with Gasteiger partial charge in [0.15, 0.2) is 0 Å². The van der Waals surface area contributed by atoms with Crippen LogP contribution in [-0.2, 0) is 12.8 Å². The van der Waals surface area contributed by atoms with E-state index in [1.165, 1.54) is 11.3 Å². The van der Waals surface area contributed by atoms with E-state index >= 15 is 0 Å². The maximum Gasteiger partial charge on any atom is 0.0401 e. The summed E-state index contributed by atoms with van der Waals surface area (Å²) < 4.78 is 0. The van der Waals surface area contributed by atoms with E-state index in [0.29, 0.717) is 6.04 Å². The molecule has 0 amide bonds. The molecule has 0 radical (unpaired) electrons. The molecular formula is C12H20N2. The Morgan fingerprint density at radius 3 is 2.71 bits per heavy atom. The lowest BCUT2D eigenvalue weighted by Crippen LogP contribution is -2.14.